The summed E-state index contributed by atoms with van der Waals surface area (Å²) in [5.41, 5.74) is 4.65. The van der Waals surface area contributed by atoms with Gasteiger partial charge in [0, 0.05) is 12.4 Å². The third-order valence-corrected chi connectivity index (χ3v) is 5.47. The molecule has 0 saturated carbocycles. The number of aromatic nitrogens is 2. The largest absolute Gasteiger partial charge is 0.328 e. The van der Waals surface area contributed by atoms with Crippen LogP contribution in [0.3, 0.4) is 0 Å². The van der Waals surface area contributed by atoms with Gasteiger partial charge in [0.1, 0.15) is 11.9 Å². The van der Waals surface area contributed by atoms with Crippen molar-refractivity contribution in [2.75, 3.05) is 0 Å². The lowest BCUT2D eigenvalue weighted by atomic mass is 10.2. The maximum absolute atomic E-state index is 13.0. The Morgan fingerprint density at radius 1 is 1.11 bits per heavy atom. The molecule has 1 aliphatic rings. The highest BCUT2D eigenvalue weighted by Crippen LogP contribution is 2.45. The molecule has 2 aromatic carbocycles. The van der Waals surface area contributed by atoms with Crippen molar-refractivity contribution in [3.05, 3.63) is 95.4 Å². The molecule has 1 saturated heterocycles. The van der Waals surface area contributed by atoms with Crippen molar-refractivity contribution in [3.8, 4) is 0 Å². The smallest absolute Gasteiger partial charge is 0.280 e. The van der Waals surface area contributed by atoms with E-state index in [-0.39, 0.29) is 23.7 Å². The summed E-state index contributed by atoms with van der Waals surface area (Å²) >= 11 is 1.43. The van der Waals surface area contributed by atoms with Crippen LogP contribution in [0.2, 0.25) is 0 Å². The van der Waals surface area contributed by atoms with Crippen molar-refractivity contribution in [1.29, 1.82) is 0 Å². The van der Waals surface area contributed by atoms with Gasteiger partial charge in [0.15, 0.2) is 0 Å². The van der Waals surface area contributed by atoms with E-state index in [4.69, 9.17) is 0 Å². The third-order valence-electron chi connectivity index (χ3n) is 4.22. The van der Waals surface area contributed by atoms with Crippen LogP contribution in [0, 0.1) is 0 Å². The average Bonchev–Trinajstić information content (AvgIpc) is 3.33. The lowest BCUT2D eigenvalue weighted by molar-refractivity contribution is -0.138. The summed E-state index contributed by atoms with van der Waals surface area (Å²) in [7, 11) is 0. The van der Waals surface area contributed by atoms with Crippen molar-refractivity contribution in [2.24, 2.45) is 0 Å². The van der Waals surface area contributed by atoms with E-state index in [1.54, 1.807) is 23.3 Å². The molecule has 6 nitrogen and oxygen atoms in total. The predicted molar refractivity (Wildman–Crippen MR) is 108 cm³/mol. The molecule has 2 heterocycles. The van der Waals surface area contributed by atoms with Gasteiger partial charge in [-0.3, -0.25) is 15.0 Å². The van der Waals surface area contributed by atoms with E-state index in [2.05, 4.69) is 10.4 Å². The predicted octanol–water partition coefficient (Wildman–Crippen LogP) is 3.23. The number of amides is 2. The molecule has 1 unspecified atom stereocenters. The second kappa shape index (κ2) is 8.14. The van der Waals surface area contributed by atoms with Gasteiger partial charge in [0.25, 0.3) is 11.8 Å². The third kappa shape index (κ3) is 3.99. The first kappa shape index (κ1) is 18.1. The number of thioether (sulfide) groups is 1. The van der Waals surface area contributed by atoms with Gasteiger partial charge >= 0.3 is 0 Å². The lowest BCUT2D eigenvalue weighted by Gasteiger charge is -2.24. The maximum Gasteiger partial charge on any atom is 0.280 e. The number of hydrogen-bond acceptors (Lipinski definition) is 4. The number of nitrogens with zero attached hydrogens (tertiary/aromatic N) is 3. The molecule has 0 bridgehead atoms. The zero-order chi connectivity index (χ0) is 19.3. The minimum absolute atomic E-state index is 0.0910. The van der Waals surface area contributed by atoms with Crippen molar-refractivity contribution >= 4 is 29.7 Å². The Balaban J connectivity index is 1.60. The van der Waals surface area contributed by atoms with Crippen LogP contribution in [0.15, 0.2) is 84.3 Å². The van der Waals surface area contributed by atoms with Crippen molar-refractivity contribution < 1.29 is 9.59 Å². The van der Waals surface area contributed by atoms with Crippen LogP contribution in [-0.4, -0.2) is 26.4 Å². The summed E-state index contributed by atoms with van der Waals surface area (Å²) in [5, 5.41) is 1.09. The number of hydrogen-bond donors (Lipinski definition) is 1. The Bertz CT molecular complexity index is 988. The summed E-state index contributed by atoms with van der Waals surface area (Å²) in [5.74, 6) is -0.504. The molecule has 140 valence electrons. The Hall–Kier alpha value is -3.32. The molecule has 3 aromatic rings. The van der Waals surface area contributed by atoms with Gasteiger partial charge in [-0.05, 0) is 17.2 Å². The molecule has 1 atom stereocenters. The van der Waals surface area contributed by atoms with Crippen LogP contribution in [-0.2, 0) is 16.1 Å². The Labute approximate surface area is 166 Å². The van der Waals surface area contributed by atoms with E-state index in [1.807, 2.05) is 66.7 Å². The van der Waals surface area contributed by atoms with Gasteiger partial charge in [-0.15, -0.1) is 0 Å². The SMILES string of the molecule is O=C(Cn1ccnc1)NN1C(=O)/C(=C\c2ccccc2)SC1c1ccccc1. The number of carbonyl (C=O) groups is 2. The van der Waals surface area contributed by atoms with Crippen LogP contribution < -0.4 is 5.43 Å². The molecule has 0 spiro atoms. The van der Waals surface area contributed by atoms with E-state index >= 15 is 0 Å². The van der Waals surface area contributed by atoms with Crippen LogP contribution in [0.5, 0.6) is 0 Å². The first-order chi connectivity index (χ1) is 13.7. The number of hydrazine groups is 1. The zero-order valence-electron chi connectivity index (χ0n) is 14.9. The summed E-state index contributed by atoms with van der Waals surface area (Å²) in [4.78, 5) is 30.0. The fourth-order valence-corrected chi connectivity index (χ4v) is 4.10. The fraction of sp³-hybridized carbons (Fsp3) is 0.0952. The van der Waals surface area contributed by atoms with Crippen molar-refractivity contribution in [2.45, 2.75) is 11.9 Å². The van der Waals surface area contributed by atoms with Crippen molar-refractivity contribution in [1.82, 2.24) is 20.0 Å². The minimum atomic E-state index is -0.324. The summed E-state index contributed by atoms with van der Waals surface area (Å²) in [6.07, 6.45) is 6.73. The van der Waals surface area contributed by atoms with Crippen LogP contribution in [0.1, 0.15) is 16.5 Å². The number of carbonyl (C=O) groups excluding carboxylic acids is 2. The van der Waals surface area contributed by atoms with Crippen LogP contribution >= 0.6 is 11.8 Å². The van der Waals surface area contributed by atoms with E-state index in [0.29, 0.717) is 4.91 Å². The fourth-order valence-electron chi connectivity index (χ4n) is 2.90. The Kier molecular flexibility index (Phi) is 5.25. The van der Waals surface area contributed by atoms with Gasteiger partial charge in [-0.25, -0.2) is 9.99 Å². The number of imidazole rings is 1. The summed E-state index contributed by atoms with van der Waals surface area (Å²) < 4.78 is 1.65. The van der Waals surface area contributed by atoms with E-state index < -0.39 is 0 Å². The van der Waals surface area contributed by atoms with Gasteiger partial charge in [0.2, 0.25) is 0 Å². The molecule has 7 heteroatoms. The van der Waals surface area contributed by atoms with Gasteiger partial charge < -0.3 is 4.57 Å². The second-order valence-electron chi connectivity index (χ2n) is 6.25. The molecule has 1 fully saturated rings. The maximum atomic E-state index is 13.0. The first-order valence-corrected chi connectivity index (χ1v) is 9.66. The quantitative estimate of drug-likeness (QED) is 0.679. The summed E-state index contributed by atoms with van der Waals surface area (Å²) in [6.45, 7) is 0.0910. The standard InChI is InChI=1S/C21H18N4O2S/c26-19(14-24-12-11-22-15-24)23-25-20(27)18(13-16-7-3-1-4-8-16)28-21(25)17-9-5-2-6-10-17/h1-13,15,21H,14H2,(H,23,26)/b18-13+. The monoisotopic (exact) mass is 390 g/mol. The van der Waals surface area contributed by atoms with Crippen LogP contribution in [0.4, 0.5) is 0 Å². The van der Waals surface area contributed by atoms with Gasteiger partial charge in [0.05, 0.1) is 11.2 Å². The topological polar surface area (TPSA) is 67.2 Å². The lowest BCUT2D eigenvalue weighted by Crippen LogP contribution is -2.45. The highest BCUT2D eigenvalue weighted by atomic mass is 32.2. The highest BCUT2D eigenvalue weighted by molar-refractivity contribution is 8.04. The minimum Gasteiger partial charge on any atom is -0.328 e. The van der Waals surface area contributed by atoms with Crippen molar-refractivity contribution in [3.63, 3.8) is 0 Å². The second-order valence-corrected chi connectivity index (χ2v) is 7.37. The number of nitrogens with one attached hydrogen (secondary N) is 1. The molecule has 4 rings (SSSR count). The zero-order valence-corrected chi connectivity index (χ0v) is 15.8. The molecule has 1 aliphatic heterocycles. The van der Waals surface area contributed by atoms with E-state index in [9.17, 15) is 9.59 Å². The van der Waals surface area contributed by atoms with Gasteiger partial charge in [-0.2, -0.15) is 0 Å². The number of rotatable bonds is 5. The highest BCUT2D eigenvalue weighted by Gasteiger charge is 2.38. The molecule has 28 heavy (non-hydrogen) atoms. The summed E-state index contributed by atoms with van der Waals surface area (Å²) in [6, 6.07) is 19.3. The Morgan fingerprint density at radius 2 is 1.82 bits per heavy atom. The Morgan fingerprint density at radius 3 is 2.50 bits per heavy atom. The first-order valence-electron chi connectivity index (χ1n) is 8.78. The molecule has 1 N–H and O–H groups in total. The molecule has 1 aromatic heterocycles. The van der Waals surface area contributed by atoms with Crippen LogP contribution in [0.25, 0.3) is 6.08 Å². The molecular formula is C21H18N4O2S. The normalized spacial score (nSPS) is 17.9. The number of benzene rings is 2. The van der Waals surface area contributed by atoms with E-state index in [1.165, 1.54) is 16.8 Å². The van der Waals surface area contributed by atoms with E-state index in [0.717, 1.165) is 11.1 Å². The average molecular weight is 390 g/mol. The molecule has 0 radical (unpaired) electrons. The molecule has 0 aliphatic carbocycles. The molecular weight excluding hydrogens is 372 g/mol. The molecule has 2 amide bonds. The van der Waals surface area contributed by atoms with Gasteiger partial charge in [-0.1, -0.05) is 72.4 Å².